The van der Waals surface area contributed by atoms with Gasteiger partial charge in [-0.05, 0) is 30.2 Å². The number of fused-ring (bicyclic) bond motifs is 4. The van der Waals surface area contributed by atoms with Crippen LogP contribution in [0.15, 0.2) is 42.5 Å². The van der Waals surface area contributed by atoms with Crippen LogP contribution in [0.4, 0.5) is 5.69 Å². The Balaban J connectivity index is 2.17. The molecule has 2 nitrogen and oxygen atoms in total. The van der Waals surface area contributed by atoms with E-state index in [9.17, 15) is 0 Å². The zero-order valence-electron chi connectivity index (χ0n) is 9.40. The molecule has 0 radical (unpaired) electrons. The normalized spacial score (nSPS) is 13.9. The number of pyridine rings is 1. The first-order valence-electron chi connectivity index (χ1n) is 5.97. The molecule has 0 bridgehead atoms. The summed E-state index contributed by atoms with van der Waals surface area (Å²) in [6, 6.07) is 14.9. The fraction of sp³-hybridized carbons (Fsp3) is 0.133. The van der Waals surface area contributed by atoms with Crippen LogP contribution in [0.1, 0.15) is 5.56 Å². The maximum atomic E-state index is 4.72. The van der Waals surface area contributed by atoms with E-state index in [1.54, 1.807) is 0 Å². The smallest absolute Gasteiger partial charge is 0.0730 e. The number of hydrogen-bond acceptors (Lipinski definition) is 2. The van der Waals surface area contributed by atoms with Gasteiger partial charge in [-0.3, -0.25) is 0 Å². The van der Waals surface area contributed by atoms with E-state index < -0.39 is 0 Å². The highest BCUT2D eigenvalue weighted by Crippen LogP contribution is 2.32. The molecule has 3 aromatic rings. The van der Waals surface area contributed by atoms with E-state index in [1.807, 2.05) is 6.07 Å². The molecule has 0 saturated carbocycles. The minimum absolute atomic E-state index is 1.04. The van der Waals surface area contributed by atoms with Gasteiger partial charge in [0.05, 0.1) is 11.0 Å². The van der Waals surface area contributed by atoms with Crippen LogP contribution in [0.25, 0.3) is 21.8 Å². The summed E-state index contributed by atoms with van der Waals surface area (Å²) in [5, 5.41) is 5.93. The number of rotatable bonds is 0. The van der Waals surface area contributed by atoms with Crippen molar-refractivity contribution in [1.82, 2.24) is 4.98 Å². The van der Waals surface area contributed by atoms with Gasteiger partial charge in [0.1, 0.15) is 0 Å². The lowest BCUT2D eigenvalue weighted by molar-refractivity contribution is 1.11. The first kappa shape index (κ1) is 8.99. The highest BCUT2D eigenvalue weighted by atomic mass is 14.9. The van der Waals surface area contributed by atoms with Gasteiger partial charge in [-0.1, -0.05) is 24.3 Å². The molecule has 17 heavy (non-hydrogen) atoms. The Morgan fingerprint density at radius 1 is 1.00 bits per heavy atom. The average Bonchev–Trinajstić information content (AvgIpc) is 2.85. The minimum Gasteiger partial charge on any atom is -0.384 e. The third-order valence-corrected chi connectivity index (χ3v) is 3.48. The fourth-order valence-electron chi connectivity index (χ4n) is 2.63. The van der Waals surface area contributed by atoms with E-state index in [-0.39, 0.29) is 0 Å². The molecule has 2 heterocycles. The van der Waals surface area contributed by atoms with Crippen molar-refractivity contribution in [2.24, 2.45) is 0 Å². The largest absolute Gasteiger partial charge is 0.384 e. The minimum atomic E-state index is 1.04. The summed E-state index contributed by atoms with van der Waals surface area (Å²) in [5.74, 6) is 0. The quantitative estimate of drug-likeness (QED) is 0.588. The summed E-state index contributed by atoms with van der Waals surface area (Å²) in [4.78, 5) is 4.72. The van der Waals surface area contributed by atoms with Gasteiger partial charge in [-0.2, -0.15) is 0 Å². The second kappa shape index (κ2) is 3.20. The lowest BCUT2D eigenvalue weighted by Gasteiger charge is -2.06. The number of benzene rings is 2. The monoisotopic (exact) mass is 220 g/mol. The maximum Gasteiger partial charge on any atom is 0.0730 e. The molecule has 0 atom stereocenters. The number of aromatic nitrogens is 1. The Hall–Kier alpha value is -2.09. The van der Waals surface area contributed by atoms with Crippen molar-refractivity contribution in [2.45, 2.75) is 6.42 Å². The molecule has 0 saturated heterocycles. The zero-order valence-corrected chi connectivity index (χ0v) is 9.40. The second-order valence-electron chi connectivity index (χ2n) is 4.52. The zero-order chi connectivity index (χ0) is 11.2. The Labute approximate surface area is 99.3 Å². The van der Waals surface area contributed by atoms with Gasteiger partial charge < -0.3 is 5.32 Å². The molecule has 4 rings (SSSR count). The SMILES string of the molecule is c1ccc2nc3ccc4c(c3cc2c1)NCC4. The third-order valence-electron chi connectivity index (χ3n) is 3.48. The number of anilines is 1. The summed E-state index contributed by atoms with van der Waals surface area (Å²) in [5.41, 5.74) is 4.84. The maximum absolute atomic E-state index is 4.72. The highest BCUT2D eigenvalue weighted by molar-refractivity contribution is 6.00. The summed E-state index contributed by atoms with van der Waals surface area (Å²) < 4.78 is 0. The predicted octanol–water partition coefficient (Wildman–Crippen LogP) is 3.36. The lowest BCUT2D eigenvalue weighted by Crippen LogP contribution is -1.92. The summed E-state index contributed by atoms with van der Waals surface area (Å²) in [7, 11) is 0. The highest BCUT2D eigenvalue weighted by Gasteiger charge is 2.13. The standard InChI is InChI=1S/C15H12N2/c1-2-4-13-11(3-1)9-12-14(17-13)6-5-10-7-8-16-15(10)12/h1-6,9,16H,7-8H2. The molecule has 1 aromatic heterocycles. The van der Waals surface area contributed by atoms with Gasteiger partial charge in [0.25, 0.3) is 0 Å². The van der Waals surface area contributed by atoms with E-state index in [2.05, 4.69) is 41.7 Å². The van der Waals surface area contributed by atoms with Crippen LogP contribution in [0.2, 0.25) is 0 Å². The van der Waals surface area contributed by atoms with E-state index in [1.165, 1.54) is 22.0 Å². The molecular formula is C15H12N2. The summed E-state index contributed by atoms with van der Waals surface area (Å²) in [6.07, 6.45) is 1.12. The van der Waals surface area contributed by atoms with E-state index in [0.717, 1.165) is 24.0 Å². The molecule has 1 aliphatic rings. The number of nitrogens with zero attached hydrogens (tertiary/aromatic N) is 1. The molecule has 0 fully saturated rings. The third kappa shape index (κ3) is 1.24. The molecule has 2 aromatic carbocycles. The average molecular weight is 220 g/mol. The molecule has 1 N–H and O–H groups in total. The Morgan fingerprint density at radius 3 is 2.94 bits per heavy atom. The van der Waals surface area contributed by atoms with E-state index >= 15 is 0 Å². The van der Waals surface area contributed by atoms with Crippen molar-refractivity contribution in [2.75, 3.05) is 11.9 Å². The Bertz CT molecular complexity index is 731. The molecule has 1 aliphatic heterocycles. The van der Waals surface area contributed by atoms with Crippen LogP contribution in [0.3, 0.4) is 0 Å². The number of nitrogens with one attached hydrogen (secondary N) is 1. The van der Waals surface area contributed by atoms with Gasteiger partial charge in [0, 0.05) is 23.0 Å². The molecular weight excluding hydrogens is 208 g/mol. The van der Waals surface area contributed by atoms with Crippen LogP contribution in [0.5, 0.6) is 0 Å². The first-order valence-corrected chi connectivity index (χ1v) is 5.97. The molecule has 0 amide bonds. The first-order chi connectivity index (χ1) is 8.42. The molecule has 82 valence electrons. The van der Waals surface area contributed by atoms with Crippen molar-refractivity contribution < 1.29 is 0 Å². The summed E-state index contributed by atoms with van der Waals surface area (Å²) >= 11 is 0. The van der Waals surface area contributed by atoms with Crippen molar-refractivity contribution in [1.29, 1.82) is 0 Å². The van der Waals surface area contributed by atoms with Gasteiger partial charge in [-0.15, -0.1) is 0 Å². The Morgan fingerprint density at radius 2 is 1.94 bits per heavy atom. The van der Waals surface area contributed by atoms with Gasteiger partial charge >= 0.3 is 0 Å². The predicted molar refractivity (Wildman–Crippen MR) is 71.4 cm³/mol. The van der Waals surface area contributed by atoms with Crippen LogP contribution in [-0.2, 0) is 6.42 Å². The van der Waals surface area contributed by atoms with E-state index in [4.69, 9.17) is 4.98 Å². The number of para-hydroxylation sites is 1. The Kier molecular flexibility index (Phi) is 1.69. The molecule has 2 heteroatoms. The van der Waals surface area contributed by atoms with Crippen LogP contribution in [0, 0.1) is 0 Å². The van der Waals surface area contributed by atoms with Crippen LogP contribution < -0.4 is 5.32 Å². The van der Waals surface area contributed by atoms with Crippen molar-refractivity contribution >= 4 is 27.5 Å². The molecule has 0 unspecified atom stereocenters. The van der Waals surface area contributed by atoms with Gasteiger partial charge in [0.2, 0.25) is 0 Å². The van der Waals surface area contributed by atoms with Crippen LogP contribution in [-0.4, -0.2) is 11.5 Å². The lowest BCUT2D eigenvalue weighted by atomic mass is 10.1. The van der Waals surface area contributed by atoms with Gasteiger partial charge in [0.15, 0.2) is 0 Å². The van der Waals surface area contributed by atoms with Crippen molar-refractivity contribution in [3.8, 4) is 0 Å². The fourth-order valence-corrected chi connectivity index (χ4v) is 2.63. The topological polar surface area (TPSA) is 24.9 Å². The van der Waals surface area contributed by atoms with Gasteiger partial charge in [-0.25, -0.2) is 4.98 Å². The molecule has 0 aliphatic carbocycles. The van der Waals surface area contributed by atoms with Crippen molar-refractivity contribution in [3.63, 3.8) is 0 Å². The van der Waals surface area contributed by atoms with Crippen molar-refractivity contribution in [3.05, 3.63) is 48.0 Å². The number of hydrogen-bond donors (Lipinski definition) is 1. The van der Waals surface area contributed by atoms with Crippen LogP contribution >= 0.6 is 0 Å². The second-order valence-corrected chi connectivity index (χ2v) is 4.52. The summed E-state index contributed by atoms with van der Waals surface area (Å²) in [6.45, 7) is 1.04. The van der Waals surface area contributed by atoms with E-state index in [0.29, 0.717) is 0 Å². The molecule has 0 spiro atoms.